The monoisotopic (exact) mass is 588 g/mol. The molecule has 0 N–H and O–H groups in total. The van der Waals surface area contributed by atoms with E-state index in [0.717, 1.165) is 50.2 Å². The van der Waals surface area contributed by atoms with E-state index in [1.807, 2.05) is 21.8 Å². The minimum atomic E-state index is 0. The first-order valence-corrected chi connectivity index (χ1v) is 7.51. The normalized spacial score (nSPS) is 7.85. The first kappa shape index (κ1) is 41.9. The van der Waals surface area contributed by atoms with Crippen molar-refractivity contribution in [1.82, 2.24) is 30.0 Å². The molecule has 6 nitrogen and oxygen atoms in total. The van der Waals surface area contributed by atoms with Crippen LogP contribution in [0.15, 0.2) is 12.4 Å². The summed E-state index contributed by atoms with van der Waals surface area (Å²) in [6, 6.07) is 0. The summed E-state index contributed by atoms with van der Waals surface area (Å²) in [4.78, 5) is 0. The Morgan fingerprint density at radius 1 is 0.769 bits per heavy atom. The van der Waals surface area contributed by atoms with Crippen LogP contribution in [-0.2, 0) is 128 Å². The summed E-state index contributed by atoms with van der Waals surface area (Å²) in [6.45, 7) is 10.3. The quantitative estimate of drug-likeness (QED) is 0.486. The largest absolute Gasteiger partial charge is 0.358 e. The van der Waals surface area contributed by atoms with Crippen molar-refractivity contribution in [3.05, 3.63) is 38.6 Å². The molecular formula is C16H32N6V2Y2-2. The molecule has 26 heavy (non-hydrogen) atoms. The summed E-state index contributed by atoms with van der Waals surface area (Å²) in [6.07, 6.45) is 8.28. The Labute approximate surface area is 234 Å². The fraction of sp³-hybridized carbons (Fsp3) is 0.625. The first-order chi connectivity index (χ1) is 9.73. The molecule has 0 aromatic carbocycles. The molecule has 144 valence electrons. The van der Waals surface area contributed by atoms with Gasteiger partial charge in [0.15, 0.2) is 0 Å². The Hall–Kier alpha value is 1.66. The second-order valence-corrected chi connectivity index (χ2v) is 4.64. The van der Waals surface area contributed by atoms with Crippen LogP contribution in [0.3, 0.4) is 0 Å². The average molecular weight is 588 g/mol. The van der Waals surface area contributed by atoms with E-state index in [4.69, 9.17) is 0 Å². The number of rotatable bonds is 6. The summed E-state index contributed by atoms with van der Waals surface area (Å²) < 4.78 is 3.74. The molecule has 0 saturated heterocycles. The predicted octanol–water partition coefficient (Wildman–Crippen LogP) is 3.39. The van der Waals surface area contributed by atoms with Gasteiger partial charge in [0.1, 0.15) is 0 Å². The van der Waals surface area contributed by atoms with E-state index in [1.54, 1.807) is 0 Å². The maximum Gasteiger partial charge on any atom is 0.0827 e. The summed E-state index contributed by atoms with van der Waals surface area (Å²) >= 11 is 0. The summed E-state index contributed by atoms with van der Waals surface area (Å²) in [7, 11) is 0. The zero-order chi connectivity index (χ0) is 14.8. The maximum atomic E-state index is 3.99. The van der Waals surface area contributed by atoms with Gasteiger partial charge < -0.3 is 14.9 Å². The van der Waals surface area contributed by atoms with Crippen molar-refractivity contribution < 1.29 is 103 Å². The first-order valence-electron chi connectivity index (χ1n) is 7.51. The Balaban J connectivity index is -0.0000000625. The molecule has 0 aliphatic heterocycles. The molecule has 0 bridgehead atoms. The second-order valence-electron chi connectivity index (χ2n) is 4.64. The van der Waals surface area contributed by atoms with E-state index >= 15 is 0 Å². The standard InChI is InChI=1S/2C7H13N3.2CH3.2V.2Y/c1-3-5-7-6-10(4-2)9-8-7;1-3-5-10-6-7(4-2)8-9-10;;;;;;/h2*6H,3-5H2,1-2H3;2*1H3;;;;/q;;2*-1;;;;. The van der Waals surface area contributed by atoms with Crippen molar-refractivity contribution in [1.29, 1.82) is 0 Å². The average Bonchev–Trinajstić information content (AvgIpc) is 3.09. The Bertz CT molecular complexity index is 450. The van der Waals surface area contributed by atoms with E-state index in [9.17, 15) is 0 Å². The van der Waals surface area contributed by atoms with Crippen molar-refractivity contribution in [2.24, 2.45) is 0 Å². The van der Waals surface area contributed by atoms with Crippen LogP contribution in [0.25, 0.3) is 0 Å². The molecule has 0 aliphatic carbocycles. The van der Waals surface area contributed by atoms with Crippen LogP contribution in [-0.4, -0.2) is 30.0 Å². The van der Waals surface area contributed by atoms with Crippen molar-refractivity contribution in [2.45, 2.75) is 66.5 Å². The van der Waals surface area contributed by atoms with E-state index < -0.39 is 0 Å². The minimum Gasteiger partial charge on any atom is -0.358 e. The van der Waals surface area contributed by atoms with Gasteiger partial charge in [0.05, 0.1) is 11.4 Å². The van der Waals surface area contributed by atoms with Gasteiger partial charge in [0, 0.05) is 128 Å². The van der Waals surface area contributed by atoms with E-state index in [1.165, 1.54) is 0 Å². The fourth-order valence-electron chi connectivity index (χ4n) is 1.70. The number of hydrogen-bond acceptors (Lipinski definition) is 4. The SMILES string of the molecule is CCCc1cn(CC)nn1.CCCn1cc(CC)nn1.[CH3-].[CH3-].[V].[V].[Y].[Y]. The molecule has 0 atom stereocenters. The molecule has 2 aromatic rings. The van der Waals surface area contributed by atoms with E-state index in [-0.39, 0.29) is 117 Å². The Kier molecular flexibility index (Phi) is 43.0. The maximum absolute atomic E-state index is 3.99. The topological polar surface area (TPSA) is 61.4 Å². The minimum absolute atomic E-state index is 0. The molecule has 0 fully saturated rings. The van der Waals surface area contributed by atoms with Crippen molar-refractivity contribution in [3.63, 3.8) is 0 Å². The zero-order valence-corrected chi connectivity index (χ0v) is 25.6. The number of nitrogens with zero attached hydrogens (tertiary/aromatic N) is 6. The molecule has 2 aromatic heterocycles. The van der Waals surface area contributed by atoms with Crippen molar-refractivity contribution >= 4 is 0 Å². The Morgan fingerprint density at radius 3 is 1.65 bits per heavy atom. The van der Waals surface area contributed by atoms with E-state index in [2.05, 4.69) is 48.3 Å². The summed E-state index contributed by atoms with van der Waals surface area (Å²) in [5, 5.41) is 15.8. The Morgan fingerprint density at radius 2 is 1.27 bits per heavy atom. The van der Waals surface area contributed by atoms with Crippen LogP contribution in [0.1, 0.15) is 51.9 Å². The van der Waals surface area contributed by atoms with Crippen LogP contribution in [0.5, 0.6) is 0 Å². The molecule has 10 heteroatoms. The number of hydrogen-bond donors (Lipinski definition) is 0. The molecule has 0 saturated carbocycles. The second kappa shape index (κ2) is 26.7. The van der Waals surface area contributed by atoms with Gasteiger partial charge in [-0.25, -0.2) is 0 Å². The number of aryl methyl sites for hydroxylation is 4. The van der Waals surface area contributed by atoms with Gasteiger partial charge in [-0.2, -0.15) is 0 Å². The predicted molar refractivity (Wildman–Crippen MR) is 92.2 cm³/mol. The molecule has 0 spiro atoms. The number of aromatic nitrogens is 6. The summed E-state index contributed by atoms with van der Waals surface area (Å²) in [5.74, 6) is 0. The fourth-order valence-corrected chi connectivity index (χ4v) is 1.70. The van der Waals surface area contributed by atoms with Gasteiger partial charge in [-0.1, -0.05) is 37.6 Å². The summed E-state index contributed by atoms with van der Waals surface area (Å²) in [5.41, 5.74) is 2.18. The molecule has 2 heterocycles. The van der Waals surface area contributed by atoms with Crippen LogP contribution in [0.2, 0.25) is 0 Å². The zero-order valence-electron chi connectivity index (χ0n) is 17.1. The third-order valence-electron chi connectivity index (χ3n) is 2.82. The molecular weight excluding hydrogens is 556 g/mol. The van der Waals surface area contributed by atoms with Crippen molar-refractivity contribution in [2.75, 3.05) is 0 Å². The van der Waals surface area contributed by atoms with Crippen LogP contribution < -0.4 is 0 Å². The van der Waals surface area contributed by atoms with Gasteiger partial charge in [-0.3, -0.25) is 9.36 Å². The molecule has 0 unspecified atom stereocenters. The van der Waals surface area contributed by atoms with Gasteiger partial charge >= 0.3 is 0 Å². The van der Waals surface area contributed by atoms with Crippen molar-refractivity contribution in [3.8, 4) is 0 Å². The van der Waals surface area contributed by atoms with Gasteiger partial charge in [-0.05, 0) is 26.2 Å². The van der Waals surface area contributed by atoms with Gasteiger partial charge in [0.2, 0.25) is 0 Å². The molecule has 4 radical (unpaired) electrons. The smallest absolute Gasteiger partial charge is 0.0827 e. The van der Waals surface area contributed by atoms with Crippen LogP contribution in [0.4, 0.5) is 0 Å². The third kappa shape index (κ3) is 17.7. The molecule has 0 amide bonds. The molecule has 2 rings (SSSR count). The van der Waals surface area contributed by atoms with Crippen LogP contribution >= 0.6 is 0 Å². The van der Waals surface area contributed by atoms with Gasteiger partial charge in [-0.15, -0.1) is 10.2 Å². The van der Waals surface area contributed by atoms with Gasteiger partial charge in [0.25, 0.3) is 0 Å². The third-order valence-corrected chi connectivity index (χ3v) is 2.82. The molecule has 0 aliphatic rings. The van der Waals surface area contributed by atoms with Crippen LogP contribution in [0, 0.1) is 14.9 Å². The van der Waals surface area contributed by atoms with E-state index in [0.29, 0.717) is 0 Å².